The van der Waals surface area contributed by atoms with E-state index < -0.39 is 0 Å². The molecular weight excluding hydrogens is 555 g/mol. The molecule has 0 aliphatic rings. The Morgan fingerprint density at radius 3 is 1.02 bits per heavy atom. The lowest BCUT2D eigenvalue weighted by Crippen LogP contribution is -1.93. The zero-order valence-electron chi connectivity index (χ0n) is 25.2. The van der Waals surface area contributed by atoms with Gasteiger partial charge in [-0.05, 0) is 94.3 Å². The van der Waals surface area contributed by atoms with E-state index in [1.807, 2.05) is 12.4 Å². The molecule has 9 rings (SSSR count). The van der Waals surface area contributed by atoms with Gasteiger partial charge in [0.15, 0.2) is 0 Å². The lowest BCUT2D eigenvalue weighted by molar-refractivity contribution is 1.37. The lowest BCUT2D eigenvalue weighted by Gasteiger charge is -2.19. The van der Waals surface area contributed by atoms with Crippen molar-refractivity contribution >= 4 is 43.1 Å². The predicted molar refractivity (Wildman–Crippen MR) is 196 cm³/mol. The summed E-state index contributed by atoms with van der Waals surface area (Å²) in [6.45, 7) is 0. The fraction of sp³-hybridized carbons (Fsp3) is 0. The molecule has 1 nitrogen and oxygen atoms in total. The molecule has 1 heteroatoms. The van der Waals surface area contributed by atoms with Crippen molar-refractivity contribution in [3.63, 3.8) is 0 Å². The van der Waals surface area contributed by atoms with Crippen LogP contribution in [-0.2, 0) is 0 Å². The van der Waals surface area contributed by atoms with E-state index in [1.54, 1.807) is 0 Å². The van der Waals surface area contributed by atoms with Gasteiger partial charge in [-0.25, -0.2) is 0 Å². The van der Waals surface area contributed by atoms with Crippen LogP contribution in [0.5, 0.6) is 0 Å². The Kier molecular flexibility index (Phi) is 6.21. The molecule has 0 amide bonds. The van der Waals surface area contributed by atoms with Gasteiger partial charge in [-0.2, -0.15) is 0 Å². The molecule has 1 heterocycles. The molecule has 0 aliphatic heterocycles. The normalized spacial score (nSPS) is 11.5. The van der Waals surface area contributed by atoms with Crippen LogP contribution in [0.2, 0.25) is 0 Å². The van der Waals surface area contributed by atoms with Crippen LogP contribution >= 0.6 is 0 Å². The summed E-state index contributed by atoms with van der Waals surface area (Å²) in [6.07, 6.45) is 3.95. The lowest BCUT2D eigenvalue weighted by atomic mass is 9.84. The molecule has 0 radical (unpaired) electrons. The van der Waals surface area contributed by atoms with Crippen molar-refractivity contribution in [2.75, 3.05) is 0 Å². The first-order valence-corrected chi connectivity index (χ1v) is 15.8. The topological polar surface area (TPSA) is 12.9 Å². The number of hydrogen-bond donors (Lipinski definition) is 0. The average molecular weight is 584 g/mol. The van der Waals surface area contributed by atoms with Crippen LogP contribution in [0.4, 0.5) is 0 Å². The second kappa shape index (κ2) is 10.8. The highest BCUT2D eigenvalue weighted by atomic mass is 14.6. The fourth-order valence-corrected chi connectivity index (χ4v) is 7.43. The van der Waals surface area contributed by atoms with E-state index in [4.69, 9.17) is 0 Å². The molecule has 0 atom stereocenters. The van der Waals surface area contributed by atoms with E-state index in [0.717, 1.165) is 5.39 Å². The first-order valence-electron chi connectivity index (χ1n) is 15.8. The van der Waals surface area contributed by atoms with E-state index in [9.17, 15) is 0 Å². The highest BCUT2D eigenvalue weighted by molar-refractivity contribution is 6.23. The highest BCUT2D eigenvalue weighted by Crippen LogP contribution is 2.46. The molecule has 0 bridgehead atoms. The molecule has 1 aromatic heterocycles. The maximum absolute atomic E-state index is 4.64. The summed E-state index contributed by atoms with van der Waals surface area (Å²) in [7, 11) is 0. The largest absolute Gasteiger partial charge is 0.264 e. The van der Waals surface area contributed by atoms with Crippen LogP contribution < -0.4 is 0 Å². The van der Waals surface area contributed by atoms with Crippen molar-refractivity contribution in [2.24, 2.45) is 0 Å². The first kappa shape index (κ1) is 26.4. The number of hydrogen-bond acceptors (Lipinski definition) is 1. The Balaban J connectivity index is 1.35. The Labute approximate surface area is 268 Å². The predicted octanol–water partition coefficient (Wildman–Crippen LogP) is 12.4. The molecule has 0 N–H and O–H groups in total. The van der Waals surface area contributed by atoms with Crippen molar-refractivity contribution in [1.29, 1.82) is 0 Å². The Bertz CT molecular complexity index is 2270. The Hall–Kier alpha value is -6.05. The molecule has 0 spiro atoms. The molecule has 8 aromatic carbocycles. The van der Waals surface area contributed by atoms with Crippen molar-refractivity contribution in [3.05, 3.63) is 176 Å². The zero-order valence-corrected chi connectivity index (χ0v) is 25.2. The van der Waals surface area contributed by atoms with Crippen LogP contribution in [-0.4, -0.2) is 4.98 Å². The number of pyridine rings is 1. The van der Waals surface area contributed by atoms with Gasteiger partial charge in [0.25, 0.3) is 0 Å². The van der Waals surface area contributed by atoms with E-state index in [1.165, 1.54) is 82.2 Å². The standard InChI is InChI=1S/C45H29N/c1-3-14-30(15-4-1)42-34-20-7-10-23-37(34)44(38-24-11-8-21-35(38)42)32-18-13-19-33(28-32)45-39-25-12-9-22-36(39)43(31-16-5-2-6-17-31)40-26-27-46-29-41(40)45/h1-29H. The van der Waals surface area contributed by atoms with Gasteiger partial charge in [-0.1, -0.05) is 152 Å². The minimum atomic E-state index is 1.16. The third-order valence-electron chi connectivity index (χ3n) is 9.32. The minimum absolute atomic E-state index is 1.16. The van der Waals surface area contributed by atoms with Crippen LogP contribution in [0, 0.1) is 0 Å². The third kappa shape index (κ3) is 4.13. The molecule has 0 aliphatic carbocycles. The monoisotopic (exact) mass is 583 g/mol. The van der Waals surface area contributed by atoms with Crippen LogP contribution in [0.15, 0.2) is 176 Å². The molecule has 0 unspecified atom stereocenters. The maximum atomic E-state index is 4.64. The fourth-order valence-electron chi connectivity index (χ4n) is 7.43. The second-order valence-corrected chi connectivity index (χ2v) is 11.9. The third-order valence-corrected chi connectivity index (χ3v) is 9.32. The van der Waals surface area contributed by atoms with Gasteiger partial charge < -0.3 is 0 Å². The molecule has 0 fully saturated rings. The van der Waals surface area contributed by atoms with Crippen molar-refractivity contribution in [1.82, 2.24) is 4.98 Å². The van der Waals surface area contributed by atoms with Gasteiger partial charge in [-0.3, -0.25) is 4.98 Å². The van der Waals surface area contributed by atoms with Crippen LogP contribution in [0.3, 0.4) is 0 Å². The van der Waals surface area contributed by atoms with Gasteiger partial charge in [0.2, 0.25) is 0 Å². The van der Waals surface area contributed by atoms with Gasteiger partial charge in [-0.15, -0.1) is 0 Å². The van der Waals surface area contributed by atoms with E-state index in [-0.39, 0.29) is 0 Å². The van der Waals surface area contributed by atoms with Gasteiger partial charge >= 0.3 is 0 Å². The molecule has 214 valence electrons. The number of benzene rings is 8. The highest BCUT2D eigenvalue weighted by Gasteiger charge is 2.19. The van der Waals surface area contributed by atoms with Gasteiger partial charge in [0.05, 0.1) is 0 Å². The van der Waals surface area contributed by atoms with Crippen molar-refractivity contribution < 1.29 is 0 Å². The summed E-state index contributed by atoms with van der Waals surface area (Å²) in [5.74, 6) is 0. The maximum Gasteiger partial charge on any atom is 0.0353 e. The summed E-state index contributed by atoms with van der Waals surface area (Å²) in [6, 6.07) is 59.3. The molecule has 9 aromatic rings. The summed E-state index contributed by atoms with van der Waals surface area (Å²) < 4.78 is 0. The molecule has 46 heavy (non-hydrogen) atoms. The van der Waals surface area contributed by atoms with Crippen LogP contribution in [0.1, 0.15) is 0 Å². The summed E-state index contributed by atoms with van der Waals surface area (Å²) in [5.41, 5.74) is 9.86. The number of rotatable bonds is 4. The zero-order chi connectivity index (χ0) is 30.5. The second-order valence-electron chi connectivity index (χ2n) is 11.9. The van der Waals surface area contributed by atoms with Crippen LogP contribution in [0.25, 0.3) is 87.6 Å². The van der Waals surface area contributed by atoms with Gasteiger partial charge in [0.1, 0.15) is 0 Å². The first-order chi connectivity index (χ1) is 22.9. The summed E-state index contributed by atoms with van der Waals surface area (Å²) in [5, 5.41) is 9.89. The number of aromatic nitrogens is 1. The van der Waals surface area contributed by atoms with E-state index in [0.29, 0.717) is 0 Å². The Morgan fingerprint density at radius 1 is 0.261 bits per heavy atom. The van der Waals surface area contributed by atoms with Crippen molar-refractivity contribution in [3.8, 4) is 44.5 Å². The molecular formula is C45H29N. The molecule has 0 saturated heterocycles. The average Bonchev–Trinajstić information content (AvgIpc) is 3.13. The molecule has 0 saturated carbocycles. The summed E-state index contributed by atoms with van der Waals surface area (Å²) >= 11 is 0. The van der Waals surface area contributed by atoms with E-state index >= 15 is 0 Å². The number of nitrogens with zero attached hydrogens (tertiary/aromatic N) is 1. The number of fused-ring (bicyclic) bond motifs is 4. The Morgan fingerprint density at radius 2 is 0.587 bits per heavy atom. The summed E-state index contributed by atoms with van der Waals surface area (Å²) in [4.78, 5) is 4.64. The van der Waals surface area contributed by atoms with Crippen molar-refractivity contribution in [2.45, 2.75) is 0 Å². The quantitative estimate of drug-likeness (QED) is 0.188. The smallest absolute Gasteiger partial charge is 0.0353 e. The van der Waals surface area contributed by atoms with Gasteiger partial charge in [0, 0.05) is 17.8 Å². The van der Waals surface area contributed by atoms with E-state index in [2.05, 4.69) is 169 Å². The SMILES string of the molecule is c1ccc(-c2c3ccccc3c(-c3cccc(-c4c5ccccc5c(-c5ccccc5)c5ccncc45)c3)c3ccccc23)cc1. The minimum Gasteiger partial charge on any atom is -0.264 e.